The van der Waals surface area contributed by atoms with Crippen LogP contribution in [0.4, 0.5) is 4.79 Å². The molecule has 0 aliphatic rings. The Morgan fingerprint density at radius 2 is 1.95 bits per heavy atom. The molecule has 0 bridgehead atoms. The van der Waals surface area contributed by atoms with Crippen LogP contribution >= 0.6 is 12.6 Å². The van der Waals surface area contributed by atoms with Crippen molar-refractivity contribution in [2.75, 3.05) is 18.1 Å². The molecule has 0 saturated heterocycles. The summed E-state index contributed by atoms with van der Waals surface area (Å²) in [7, 11) is -3.55. The Balaban J connectivity index is 4.05. The summed E-state index contributed by atoms with van der Waals surface area (Å²) in [6.07, 6.45) is -0.171. The summed E-state index contributed by atoms with van der Waals surface area (Å²) in [6, 6.07) is -0.458. The molecule has 0 saturated carbocycles. The van der Waals surface area contributed by atoms with Crippen LogP contribution in [-0.2, 0) is 19.0 Å². The summed E-state index contributed by atoms with van der Waals surface area (Å²) < 4.78 is 32.6. The van der Waals surface area contributed by atoms with Crippen LogP contribution in [-0.4, -0.2) is 44.3 Å². The zero-order valence-electron chi connectivity index (χ0n) is 11.8. The number of carbonyl (C=O) groups excluding carboxylic acids is 1. The van der Waals surface area contributed by atoms with Crippen molar-refractivity contribution < 1.29 is 22.1 Å². The number of rotatable bonds is 7. The van der Waals surface area contributed by atoms with Gasteiger partial charge in [0.15, 0.2) is 0 Å². The third-order valence-corrected chi connectivity index (χ3v) is 3.41. The fourth-order valence-electron chi connectivity index (χ4n) is 1.06. The number of hydrogen-bond donors (Lipinski definition) is 2. The van der Waals surface area contributed by atoms with Crippen molar-refractivity contribution in [3.63, 3.8) is 0 Å². The first-order chi connectivity index (χ1) is 8.56. The van der Waals surface area contributed by atoms with E-state index in [1.54, 1.807) is 27.7 Å². The van der Waals surface area contributed by atoms with E-state index in [0.717, 1.165) is 0 Å². The van der Waals surface area contributed by atoms with Gasteiger partial charge in [-0.25, -0.2) is 4.79 Å². The number of alkyl carbamates (subject to hydrolysis) is 1. The zero-order chi connectivity index (χ0) is 15.1. The second-order valence-corrected chi connectivity index (χ2v) is 7.38. The molecule has 0 aromatic rings. The molecule has 6 nitrogen and oxygen atoms in total. The van der Waals surface area contributed by atoms with Gasteiger partial charge in [0.1, 0.15) is 5.60 Å². The highest BCUT2D eigenvalue weighted by Crippen LogP contribution is 2.07. The normalized spacial score (nSPS) is 13.9. The second-order valence-electron chi connectivity index (χ2n) is 5.17. The Bertz CT molecular complexity index is 375. The number of carbonyl (C=O) groups is 1. The average molecular weight is 313 g/mol. The number of ether oxygens (including phenoxy) is 1. The number of thiol groups is 1. The summed E-state index contributed by atoms with van der Waals surface area (Å²) in [4.78, 5) is 11.4. The van der Waals surface area contributed by atoms with Gasteiger partial charge in [-0.1, -0.05) is 0 Å². The SMILES string of the molecule is CC(COS(=O)(=O)CCCS)NC(=O)OC(C)(C)C. The van der Waals surface area contributed by atoms with E-state index < -0.39 is 27.9 Å². The van der Waals surface area contributed by atoms with E-state index in [1.165, 1.54) is 0 Å². The standard InChI is InChI=1S/C11H23NO5S2/c1-9(12-10(13)17-11(2,3)4)8-16-19(14,15)7-5-6-18/h9,18H,5-8H2,1-4H3,(H,12,13). The maximum absolute atomic E-state index is 11.4. The quantitative estimate of drug-likeness (QED) is 0.551. The first kappa shape index (κ1) is 18.5. The number of amides is 1. The van der Waals surface area contributed by atoms with Gasteiger partial charge in [-0.2, -0.15) is 21.0 Å². The van der Waals surface area contributed by atoms with Crippen molar-refractivity contribution in [1.29, 1.82) is 0 Å². The third-order valence-electron chi connectivity index (χ3n) is 1.81. The van der Waals surface area contributed by atoms with Gasteiger partial charge in [-0.3, -0.25) is 4.18 Å². The van der Waals surface area contributed by atoms with Crippen molar-refractivity contribution in [1.82, 2.24) is 5.32 Å². The van der Waals surface area contributed by atoms with E-state index in [0.29, 0.717) is 12.2 Å². The highest BCUT2D eigenvalue weighted by Gasteiger charge is 2.19. The smallest absolute Gasteiger partial charge is 0.407 e. The first-order valence-electron chi connectivity index (χ1n) is 6.03. The molecule has 0 aromatic heterocycles. The molecule has 0 radical (unpaired) electrons. The predicted molar refractivity (Wildman–Crippen MR) is 77.0 cm³/mol. The van der Waals surface area contributed by atoms with E-state index in [2.05, 4.69) is 17.9 Å². The lowest BCUT2D eigenvalue weighted by molar-refractivity contribution is 0.0494. The Labute approximate surface area is 120 Å². The van der Waals surface area contributed by atoms with Gasteiger partial charge in [-0.15, -0.1) is 0 Å². The molecule has 0 aliphatic heterocycles. The van der Waals surface area contributed by atoms with Crippen LogP contribution in [0.3, 0.4) is 0 Å². The average Bonchev–Trinajstić information content (AvgIpc) is 2.21. The molecule has 0 rings (SSSR count). The van der Waals surface area contributed by atoms with Crippen LogP contribution in [0, 0.1) is 0 Å². The van der Waals surface area contributed by atoms with E-state index >= 15 is 0 Å². The number of nitrogens with one attached hydrogen (secondary N) is 1. The summed E-state index contributed by atoms with van der Waals surface area (Å²) in [5.74, 6) is 0.407. The van der Waals surface area contributed by atoms with Crippen LogP contribution < -0.4 is 5.32 Å². The second kappa shape index (κ2) is 7.96. The summed E-state index contributed by atoms with van der Waals surface area (Å²) >= 11 is 3.93. The van der Waals surface area contributed by atoms with Gasteiger partial charge in [0.05, 0.1) is 18.4 Å². The molecule has 8 heteroatoms. The Morgan fingerprint density at radius 3 is 2.42 bits per heavy atom. The monoisotopic (exact) mass is 313 g/mol. The van der Waals surface area contributed by atoms with Crippen LogP contribution in [0.5, 0.6) is 0 Å². The highest BCUT2D eigenvalue weighted by atomic mass is 32.2. The third kappa shape index (κ3) is 11.1. The molecular formula is C11H23NO5S2. The van der Waals surface area contributed by atoms with Gasteiger partial charge in [0.25, 0.3) is 10.1 Å². The zero-order valence-corrected chi connectivity index (χ0v) is 13.5. The molecule has 114 valence electrons. The maximum Gasteiger partial charge on any atom is 0.407 e. The lowest BCUT2D eigenvalue weighted by Crippen LogP contribution is -2.40. The molecule has 0 aliphatic carbocycles. The molecule has 0 fully saturated rings. The van der Waals surface area contributed by atoms with Crippen LogP contribution in [0.25, 0.3) is 0 Å². The van der Waals surface area contributed by atoms with Gasteiger partial charge in [0, 0.05) is 0 Å². The minimum atomic E-state index is -3.55. The van der Waals surface area contributed by atoms with Gasteiger partial charge < -0.3 is 10.1 Å². The van der Waals surface area contributed by atoms with Crippen molar-refractivity contribution in [3.05, 3.63) is 0 Å². The van der Waals surface area contributed by atoms with Crippen molar-refractivity contribution >= 4 is 28.8 Å². The molecule has 1 unspecified atom stereocenters. The van der Waals surface area contributed by atoms with Gasteiger partial charge >= 0.3 is 6.09 Å². The minimum absolute atomic E-state index is 0.0738. The van der Waals surface area contributed by atoms with Crippen LogP contribution in [0.2, 0.25) is 0 Å². The van der Waals surface area contributed by atoms with Crippen molar-refractivity contribution in [2.45, 2.75) is 45.8 Å². The van der Waals surface area contributed by atoms with Crippen molar-refractivity contribution in [3.8, 4) is 0 Å². The largest absolute Gasteiger partial charge is 0.444 e. The molecule has 1 N–H and O–H groups in total. The molecule has 0 spiro atoms. The summed E-state index contributed by atoms with van der Waals surface area (Å²) in [5, 5.41) is 2.50. The number of hydrogen-bond acceptors (Lipinski definition) is 6. The predicted octanol–water partition coefficient (Wildman–Crippen LogP) is 1.57. The van der Waals surface area contributed by atoms with E-state index in [-0.39, 0.29) is 12.4 Å². The molecule has 1 amide bonds. The molecular weight excluding hydrogens is 290 g/mol. The fourth-order valence-corrected chi connectivity index (χ4v) is 2.46. The minimum Gasteiger partial charge on any atom is -0.444 e. The van der Waals surface area contributed by atoms with Crippen molar-refractivity contribution in [2.24, 2.45) is 0 Å². The van der Waals surface area contributed by atoms with Crippen LogP contribution in [0.1, 0.15) is 34.1 Å². The maximum atomic E-state index is 11.4. The highest BCUT2D eigenvalue weighted by molar-refractivity contribution is 7.86. The summed E-state index contributed by atoms with van der Waals surface area (Å²) in [6.45, 7) is 6.76. The molecule has 0 heterocycles. The van der Waals surface area contributed by atoms with E-state index in [4.69, 9.17) is 8.92 Å². The van der Waals surface area contributed by atoms with Crippen LogP contribution in [0.15, 0.2) is 0 Å². The Hall–Kier alpha value is -0.470. The Morgan fingerprint density at radius 1 is 1.37 bits per heavy atom. The Kier molecular flexibility index (Phi) is 7.76. The fraction of sp³-hybridized carbons (Fsp3) is 0.909. The van der Waals surface area contributed by atoms with E-state index in [1.807, 2.05) is 0 Å². The molecule has 19 heavy (non-hydrogen) atoms. The van der Waals surface area contributed by atoms with Gasteiger partial charge in [-0.05, 0) is 39.9 Å². The van der Waals surface area contributed by atoms with Gasteiger partial charge in [0.2, 0.25) is 0 Å². The molecule has 0 aromatic carbocycles. The first-order valence-corrected chi connectivity index (χ1v) is 8.24. The summed E-state index contributed by atoms with van der Waals surface area (Å²) in [5.41, 5.74) is -0.594. The molecule has 1 atom stereocenters. The lowest BCUT2D eigenvalue weighted by atomic mass is 10.2. The lowest BCUT2D eigenvalue weighted by Gasteiger charge is -2.21. The topological polar surface area (TPSA) is 81.7 Å². The van der Waals surface area contributed by atoms with E-state index in [9.17, 15) is 13.2 Å².